The molecule has 0 spiro atoms. The van der Waals surface area contributed by atoms with Crippen LogP contribution in [0.4, 0.5) is 0 Å². The average molecular weight is 350 g/mol. The monoisotopic (exact) mass is 349 g/mol. The zero-order chi connectivity index (χ0) is 17.5. The molecule has 3 fully saturated rings. The van der Waals surface area contributed by atoms with Crippen molar-refractivity contribution in [1.82, 2.24) is 15.5 Å². The van der Waals surface area contributed by atoms with Crippen molar-refractivity contribution in [3.63, 3.8) is 0 Å². The normalized spacial score (nSPS) is 24.8. The number of hydrogen-bond acceptors (Lipinski definition) is 3. The summed E-state index contributed by atoms with van der Waals surface area (Å²) < 4.78 is 0. The zero-order valence-corrected chi connectivity index (χ0v) is 15.6. The Hall–Kier alpha value is -1.10. The highest BCUT2D eigenvalue weighted by molar-refractivity contribution is 5.79. The Kier molecular flexibility index (Phi) is 7.14. The Morgan fingerprint density at radius 2 is 1.28 bits per heavy atom. The van der Waals surface area contributed by atoms with E-state index in [9.17, 15) is 9.59 Å². The Labute approximate surface area is 152 Å². The molecule has 0 radical (unpaired) electrons. The Morgan fingerprint density at radius 1 is 0.720 bits per heavy atom. The fourth-order valence-electron chi connectivity index (χ4n) is 4.64. The van der Waals surface area contributed by atoms with Crippen LogP contribution in [0.3, 0.4) is 0 Å². The molecule has 0 bridgehead atoms. The highest BCUT2D eigenvalue weighted by atomic mass is 16.2. The standard InChI is InChI=1S/C20H35N3O2/c24-19(21-17-9-5-2-6-10-17)15-23-13-11-18(12-14-23)22-20(25)16-7-3-1-4-8-16/h16-18H,1-15H2,(H,21,24)(H,22,25). The summed E-state index contributed by atoms with van der Waals surface area (Å²) in [6.45, 7) is 2.33. The van der Waals surface area contributed by atoms with Gasteiger partial charge in [0.2, 0.25) is 11.8 Å². The SMILES string of the molecule is O=C(CN1CCC(NC(=O)C2CCCCC2)CC1)NC1CCCCC1. The largest absolute Gasteiger partial charge is 0.353 e. The summed E-state index contributed by atoms with van der Waals surface area (Å²) >= 11 is 0. The van der Waals surface area contributed by atoms with Crippen molar-refractivity contribution in [3.05, 3.63) is 0 Å². The molecule has 1 heterocycles. The van der Waals surface area contributed by atoms with Crippen LogP contribution in [0.5, 0.6) is 0 Å². The second-order valence-corrected chi connectivity index (χ2v) is 8.30. The molecule has 25 heavy (non-hydrogen) atoms. The summed E-state index contributed by atoms with van der Waals surface area (Å²) in [4.78, 5) is 26.8. The van der Waals surface area contributed by atoms with Crippen molar-refractivity contribution in [2.24, 2.45) is 5.92 Å². The predicted octanol–water partition coefficient (Wildman–Crippen LogP) is 2.60. The summed E-state index contributed by atoms with van der Waals surface area (Å²) in [5.74, 6) is 0.692. The number of nitrogens with one attached hydrogen (secondary N) is 2. The van der Waals surface area contributed by atoms with Crippen LogP contribution in [0, 0.1) is 5.92 Å². The van der Waals surface area contributed by atoms with Crippen molar-refractivity contribution in [2.45, 2.75) is 89.1 Å². The molecule has 5 nitrogen and oxygen atoms in total. The third kappa shape index (κ3) is 5.98. The van der Waals surface area contributed by atoms with Crippen LogP contribution in [0.2, 0.25) is 0 Å². The van der Waals surface area contributed by atoms with E-state index in [1.165, 1.54) is 38.5 Å². The molecule has 2 amide bonds. The maximum atomic E-state index is 12.4. The molecule has 0 aromatic heterocycles. The summed E-state index contributed by atoms with van der Waals surface area (Å²) in [5, 5.41) is 6.46. The molecule has 0 unspecified atom stereocenters. The van der Waals surface area contributed by atoms with E-state index in [0.717, 1.165) is 51.6 Å². The molecule has 0 aromatic rings. The van der Waals surface area contributed by atoms with Crippen LogP contribution >= 0.6 is 0 Å². The average Bonchev–Trinajstić information content (AvgIpc) is 2.65. The van der Waals surface area contributed by atoms with Gasteiger partial charge >= 0.3 is 0 Å². The zero-order valence-electron chi connectivity index (χ0n) is 15.6. The fourth-order valence-corrected chi connectivity index (χ4v) is 4.64. The third-order valence-electron chi connectivity index (χ3n) is 6.25. The van der Waals surface area contributed by atoms with Crippen LogP contribution in [0.1, 0.15) is 77.0 Å². The molecule has 0 atom stereocenters. The van der Waals surface area contributed by atoms with Gasteiger partial charge in [-0.3, -0.25) is 14.5 Å². The predicted molar refractivity (Wildman–Crippen MR) is 99.2 cm³/mol. The lowest BCUT2D eigenvalue weighted by Gasteiger charge is -2.33. The van der Waals surface area contributed by atoms with E-state index in [4.69, 9.17) is 0 Å². The lowest BCUT2D eigenvalue weighted by atomic mass is 9.88. The minimum absolute atomic E-state index is 0.177. The minimum atomic E-state index is 0.177. The van der Waals surface area contributed by atoms with Crippen LogP contribution in [-0.4, -0.2) is 48.4 Å². The number of piperidine rings is 1. The van der Waals surface area contributed by atoms with Crippen molar-refractivity contribution in [2.75, 3.05) is 19.6 Å². The Balaban J connectivity index is 1.32. The molecule has 3 aliphatic rings. The van der Waals surface area contributed by atoms with Crippen LogP contribution in [-0.2, 0) is 9.59 Å². The minimum Gasteiger partial charge on any atom is -0.353 e. The van der Waals surface area contributed by atoms with Gasteiger partial charge in [-0.05, 0) is 38.5 Å². The van der Waals surface area contributed by atoms with Gasteiger partial charge in [0.15, 0.2) is 0 Å². The van der Waals surface area contributed by atoms with E-state index in [-0.39, 0.29) is 17.7 Å². The third-order valence-corrected chi connectivity index (χ3v) is 6.25. The van der Waals surface area contributed by atoms with Gasteiger partial charge in [-0.15, -0.1) is 0 Å². The van der Waals surface area contributed by atoms with Gasteiger partial charge < -0.3 is 10.6 Å². The van der Waals surface area contributed by atoms with Gasteiger partial charge in [0, 0.05) is 31.1 Å². The molecule has 142 valence electrons. The maximum absolute atomic E-state index is 12.4. The molecule has 5 heteroatoms. The molecule has 2 N–H and O–H groups in total. The summed E-state index contributed by atoms with van der Waals surface area (Å²) in [5.41, 5.74) is 0. The van der Waals surface area contributed by atoms with Crippen LogP contribution < -0.4 is 10.6 Å². The Bertz CT molecular complexity index is 434. The van der Waals surface area contributed by atoms with Crippen LogP contribution in [0.25, 0.3) is 0 Å². The quantitative estimate of drug-likeness (QED) is 0.802. The number of likely N-dealkylation sites (tertiary alicyclic amines) is 1. The van der Waals surface area contributed by atoms with Crippen molar-refractivity contribution in [1.29, 1.82) is 0 Å². The molecule has 2 saturated carbocycles. The smallest absolute Gasteiger partial charge is 0.234 e. The highest BCUT2D eigenvalue weighted by Crippen LogP contribution is 2.24. The van der Waals surface area contributed by atoms with E-state index < -0.39 is 0 Å². The van der Waals surface area contributed by atoms with Gasteiger partial charge in [0.05, 0.1) is 6.54 Å². The molecule has 1 saturated heterocycles. The van der Waals surface area contributed by atoms with Crippen molar-refractivity contribution in [3.8, 4) is 0 Å². The number of rotatable bonds is 5. The lowest BCUT2D eigenvalue weighted by molar-refractivity contribution is -0.127. The maximum Gasteiger partial charge on any atom is 0.234 e. The molecule has 2 aliphatic carbocycles. The molecule has 0 aromatic carbocycles. The van der Waals surface area contributed by atoms with Gasteiger partial charge in [0.1, 0.15) is 0 Å². The number of amides is 2. The number of carbonyl (C=O) groups excluding carboxylic acids is 2. The topological polar surface area (TPSA) is 61.4 Å². The van der Waals surface area contributed by atoms with E-state index in [0.29, 0.717) is 18.6 Å². The molecular weight excluding hydrogens is 314 g/mol. The highest BCUT2D eigenvalue weighted by Gasteiger charge is 2.26. The molecular formula is C20H35N3O2. The lowest BCUT2D eigenvalue weighted by Crippen LogP contribution is -2.49. The first-order valence-corrected chi connectivity index (χ1v) is 10.5. The van der Waals surface area contributed by atoms with Crippen LogP contribution in [0.15, 0.2) is 0 Å². The first-order valence-electron chi connectivity index (χ1n) is 10.5. The number of carbonyl (C=O) groups is 2. The first kappa shape index (κ1) is 18.7. The van der Waals surface area contributed by atoms with E-state index in [1.807, 2.05) is 0 Å². The second-order valence-electron chi connectivity index (χ2n) is 8.30. The van der Waals surface area contributed by atoms with Crippen molar-refractivity contribution < 1.29 is 9.59 Å². The number of nitrogens with zero attached hydrogens (tertiary/aromatic N) is 1. The van der Waals surface area contributed by atoms with Gasteiger partial charge in [-0.1, -0.05) is 38.5 Å². The van der Waals surface area contributed by atoms with Gasteiger partial charge in [-0.25, -0.2) is 0 Å². The van der Waals surface area contributed by atoms with E-state index in [2.05, 4.69) is 15.5 Å². The second kappa shape index (κ2) is 9.56. The van der Waals surface area contributed by atoms with E-state index >= 15 is 0 Å². The van der Waals surface area contributed by atoms with Gasteiger partial charge in [0.25, 0.3) is 0 Å². The Morgan fingerprint density at radius 3 is 1.92 bits per heavy atom. The summed E-state index contributed by atoms with van der Waals surface area (Å²) in [6.07, 6.45) is 13.8. The first-order chi connectivity index (χ1) is 12.2. The van der Waals surface area contributed by atoms with Gasteiger partial charge in [-0.2, -0.15) is 0 Å². The van der Waals surface area contributed by atoms with Crippen molar-refractivity contribution >= 4 is 11.8 Å². The van der Waals surface area contributed by atoms with E-state index in [1.54, 1.807) is 0 Å². The molecule has 3 rings (SSSR count). The summed E-state index contributed by atoms with van der Waals surface area (Å²) in [6, 6.07) is 0.695. The summed E-state index contributed by atoms with van der Waals surface area (Å²) in [7, 11) is 0. The number of hydrogen-bond donors (Lipinski definition) is 2. The fraction of sp³-hybridized carbons (Fsp3) is 0.900. The molecule has 1 aliphatic heterocycles.